The topological polar surface area (TPSA) is 0 Å². The largest absolute Gasteiger partial charge is 0.358 e. The Kier molecular flexibility index (Phi) is 15.1. The molecule has 0 saturated heterocycles. The molecule has 0 heterocycles. The van der Waals surface area contributed by atoms with Crippen molar-refractivity contribution >= 4 is 34.6 Å². The minimum absolute atomic E-state index is 0. The summed E-state index contributed by atoms with van der Waals surface area (Å²) in [6, 6.07) is 21.7. The van der Waals surface area contributed by atoms with Gasteiger partial charge in [-0.05, 0) is 40.6 Å². The number of hydrogen-bond donors (Lipinski definition) is 0. The Morgan fingerprint density at radius 2 is 1.51 bits per heavy atom. The SMILES string of the molecule is C[C-]1C2=C3Cc4ccccc4C3=C3C=CCCC3C2(C)C(C)(C)C(C)(C)C1(C)C.Cl.Cl.[C-]1=CC=CC1.[CH2]=[Zr].[CH3-].[c-]1ccccc1. The molecule has 45 heavy (non-hydrogen) atoms. The molecule has 0 aliphatic heterocycles. The van der Waals surface area contributed by atoms with Crippen LogP contribution < -0.4 is 0 Å². The van der Waals surface area contributed by atoms with E-state index in [0.29, 0.717) is 5.92 Å². The summed E-state index contributed by atoms with van der Waals surface area (Å²) in [5.74, 6) is 2.24. The molecule has 0 nitrogen and oxygen atoms in total. The van der Waals surface area contributed by atoms with Crippen LogP contribution in [-0.2, 0) is 30.7 Å². The fourth-order valence-electron chi connectivity index (χ4n) is 8.25. The van der Waals surface area contributed by atoms with E-state index in [1.165, 1.54) is 48.2 Å². The third kappa shape index (κ3) is 6.84. The van der Waals surface area contributed by atoms with Gasteiger partial charge in [-0.3, -0.25) is 6.08 Å². The van der Waals surface area contributed by atoms with Crippen molar-refractivity contribution in [3.05, 3.63) is 138 Å². The fourth-order valence-corrected chi connectivity index (χ4v) is 8.25. The molecule has 1 saturated carbocycles. The van der Waals surface area contributed by atoms with Crippen molar-refractivity contribution in [1.82, 2.24) is 0 Å². The van der Waals surface area contributed by atoms with Crippen molar-refractivity contribution in [2.45, 2.75) is 81.1 Å². The Bertz CT molecular complexity index is 1380. The average molecular weight is 721 g/mol. The molecule has 244 valence electrons. The van der Waals surface area contributed by atoms with Crippen LogP contribution in [0.1, 0.15) is 85.8 Å². The summed E-state index contributed by atoms with van der Waals surface area (Å²) in [6.45, 7) is 20.3. The summed E-state index contributed by atoms with van der Waals surface area (Å²) in [5, 5.41) is 0. The van der Waals surface area contributed by atoms with Crippen LogP contribution in [-0.4, -0.2) is 4.21 Å². The predicted molar refractivity (Wildman–Crippen MR) is 199 cm³/mol. The van der Waals surface area contributed by atoms with Crippen LogP contribution in [0.3, 0.4) is 0 Å². The van der Waals surface area contributed by atoms with Crippen LogP contribution in [0, 0.1) is 53.1 Å². The summed E-state index contributed by atoms with van der Waals surface area (Å²) in [7, 11) is 0. The molecule has 2 atom stereocenters. The number of halogens is 2. The van der Waals surface area contributed by atoms with Crippen molar-refractivity contribution < 1.29 is 24.2 Å². The molecule has 5 aliphatic carbocycles. The van der Waals surface area contributed by atoms with Gasteiger partial charge in [-0.2, -0.15) is 53.6 Å². The smallest absolute Gasteiger partial charge is 0.171 e. The van der Waals surface area contributed by atoms with Crippen molar-refractivity contribution in [1.29, 1.82) is 0 Å². The first-order valence-electron chi connectivity index (χ1n) is 15.5. The minimum atomic E-state index is 0. The average Bonchev–Trinajstić information content (AvgIpc) is 3.71. The third-order valence-corrected chi connectivity index (χ3v) is 12.0. The first kappa shape index (κ1) is 41.4. The number of hydrogen-bond acceptors (Lipinski definition) is 0. The van der Waals surface area contributed by atoms with Crippen LogP contribution in [0.2, 0.25) is 0 Å². The van der Waals surface area contributed by atoms with Gasteiger partial charge in [-0.1, -0.05) is 113 Å². The third-order valence-electron chi connectivity index (χ3n) is 12.0. The van der Waals surface area contributed by atoms with E-state index in [9.17, 15) is 0 Å². The molecule has 1 fully saturated rings. The first-order valence-corrected chi connectivity index (χ1v) is 17.3. The van der Waals surface area contributed by atoms with Crippen molar-refractivity contribution in [2.24, 2.45) is 27.6 Å². The van der Waals surface area contributed by atoms with Gasteiger partial charge in [0.15, 0.2) is 0 Å². The molecule has 0 amide bonds. The van der Waals surface area contributed by atoms with Gasteiger partial charge in [0.1, 0.15) is 0 Å². The zero-order valence-corrected chi connectivity index (χ0v) is 33.1. The molecule has 5 aliphatic rings. The molecular weight excluding hydrogens is 667 g/mol. The molecule has 7 rings (SSSR count). The molecule has 0 bridgehead atoms. The molecule has 0 radical (unpaired) electrons. The maximum Gasteiger partial charge on any atom is -0.171 e. The summed E-state index contributed by atoms with van der Waals surface area (Å²) in [6.07, 6.45) is 18.5. The predicted octanol–water partition coefficient (Wildman–Crippen LogP) is 12.0. The van der Waals surface area contributed by atoms with E-state index < -0.39 is 0 Å². The van der Waals surface area contributed by atoms with Gasteiger partial charge in [-0.15, -0.1) is 38.2 Å². The van der Waals surface area contributed by atoms with Crippen molar-refractivity contribution in [3.8, 4) is 0 Å². The molecule has 2 aromatic carbocycles. The van der Waals surface area contributed by atoms with Crippen LogP contribution in [0.25, 0.3) is 5.57 Å². The second-order valence-electron chi connectivity index (χ2n) is 13.8. The van der Waals surface area contributed by atoms with Crippen molar-refractivity contribution in [2.75, 3.05) is 0 Å². The maximum absolute atomic E-state index is 3.34. The Labute approximate surface area is 303 Å². The standard InChI is InChI=1S/C29H37.C6H5.C5H5.CH3.CH2.2ClH.Zr/c1-18-25-22-17-19-13-9-10-14-20(19)24(22)21-15-11-12-16-23(21)29(25,8)28(6,7)27(4,5)26(18,2)3;1-2-4-6-5-3-1;1-2-4-5-3-1;;;;;/h9-11,13-15,23H,12,16-17H2,1-8H3;1-5H;1-3H,4H2;1H3;1H2;2*1H;/q4*-1;;;;. The molecule has 0 spiro atoms. The number of fused-ring (bicyclic) bond motifs is 6. The molecule has 2 aromatic rings. The Hall–Kier alpha value is -1.66. The fraction of sp³-hybridized carbons (Fsp3) is 0.405. The monoisotopic (exact) mass is 718 g/mol. The molecule has 0 aromatic heterocycles. The number of rotatable bonds is 0. The second kappa shape index (κ2) is 16.4. The molecule has 0 N–H and O–H groups in total. The van der Waals surface area contributed by atoms with Gasteiger partial charge >= 0.3 is 28.4 Å². The van der Waals surface area contributed by atoms with Crippen molar-refractivity contribution in [3.63, 3.8) is 0 Å². The summed E-state index contributed by atoms with van der Waals surface area (Å²) >= 11 is 1.30. The van der Waals surface area contributed by atoms with Crippen LogP contribution >= 0.6 is 24.8 Å². The summed E-state index contributed by atoms with van der Waals surface area (Å²) in [5.41, 5.74) is 10.3. The summed E-state index contributed by atoms with van der Waals surface area (Å²) < 4.78 is 3.34. The van der Waals surface area contributed by atoms with E-state index in [0.717, 1.165) is 12.8 Å². The maximum atomic E-state index is 3.34. The van der Waals surface area contributed by atoms with E-state index in [4.69, 9.17) is 0 Å². The normalized spacial score (nSPS) is 24.5. The van der Waals surface area contributed by atoms with Gasteiger partial charge in [0.2, 0.25) is 0 Å². The number of allylic oxidation sites excluding steroid dienone is 10. The van der Waals surface area contributed by atoms with Crippen LogP contribution in [0.4, 0.5) is 0 Å². The van der Waals surface area contributed by atoms with E-state index >= 15 is 0 Å². The van der Waals surface area contributed by atoms with Gasteiger partial charge in [0.05, 0.1) is 0 Å². The van der Waals surface area contributed by atoms with Gasteiger partial charge < -0.3 is 7.43 Å². The van der Waals surface area contributed by atoms with Gasteiger partial charge in [0, 0.05) is 0 Å². The van der Waals surface area contributed by atoms with Gasteiger partial charge in [0.25, 0.3) is 0 Å². The Morgan fingerprint density at radius 3 is 2.02 bits per heavy atom. The van der Waals surface area contributed by atoms with Gasteiger partial charge in [-0.25, -0.2) is 18.1 Å². The quantitative estimate of drug-likeness (QED) is 0.238. The van der Waals surface area contributed by atoms with E-state index in [1.807, 2.05) is 42.5 Å². The first-order chi connectivity index (χ1) is 20.0. The minimum Gasteiger partial charge on any atom is -0.358 e. The molecule has 2 unspecified atom stereocenters. The molecular formula is C42H54Cl2Zr-4. The molecule has 3 heteroatoms. The summed E-state index contributed by atoms with van der Waals surface area (Å²) in [4.78, 5) is 0. The van der Waals surface area contributed by atoms with E-state index in [2.05, 4.69) is 114 Å². The Balaban J connectivity index is 0.000000532. The second-order valence-corrected chi connectivity index (χ2v) is 13.8. The van der Waals surface area contributed by atoms with Crippen LogP contribution in [0.15, 0.2) is 102 Å². The van der Waals surface area contributed by atoms with E-state index in [-0.39, 0.29) is 53.9 Å². The zero-order valence-electron chi connectivity index (χ0n) is 29.0. The number of benzene rings is 2. The zero-order chi connectivity index (χ0) is 30.8. The van der Waals surface area contributed by atoms with E-state index in [1.54, 1.807) is 28.2 Å². The Morgan fingerprint density at radius 1 is 0.867 bits per heavy atom. The van der Waals surface area contributed by atoms with Crippen LogP contribution in [0.5, 0.6) is 0 Å².